The molecule has 0 spiro atoms. The number of hydrogen-bond donors (Lipinski definition) is 0. The number of rotatable bonds is 1. The minimum atomic E-state index is -2.93. The first kappa shape index (κ1) is 9.96. The molecule has 1 saturated heterocycles. The third kappa shape index (κ3) is 1.97. The highest BCUT2D eigenvalue weighted by molar-refractivity contribution is 7.91. The lowest BCUT2D eigenvalue weighted by atomic mass is 9.87. The van der Waals surface area contributed by atoms with Crippen molar-refractivity contribution >= 4 is 9.84 Å². The number of halogens is 1. The quantitative estimate of drug-likeness (QED) is 0.635. The molecule has 1 aliphatic heterocycles. The smallest absolute Gasteiger partial charge is 0.150 e. The van der Waals surface area contributed by atoms with E-state index < -0.39 is 15.5 Å². The monoisotopic (exact) mass is 194 g/mol. The van der Waals surface area contributed by atoms with Crippen LogP contribution in [0.1, 0.15) is 26.7 Å². The van der Waals surface area contributed by atoms with Crippen LogP contribution < -0.4 is 0 Å². The normalized spacial score (nSPS) is 27.3. The summed E-state index contributed by atoms with van der Waals surface area (Å²) in [5.74, 6) is -0.0448. The van der Waals surface area contributed by atoms with Gasteiger partial charge in [-0.2, -0.15) is 0 Å². The second-order valence-corrected chi connectivity index (χ2v) is 6.14. The molecular formula is C8H15FO2S. The molecule has 1 rings (SSSR count). The van der Waals surface area contributed by atoms with Gasteiger partial charge in [0.2, 0.25) is 0 Å². The van der Waals surface area contributed by atoms with E-state index in [4.69, 9.17) is 0 Å². The summed E-state index contributed by atoms with van der Waals surface area (Å²) < 4.78 is 35.8. The molecule has 4 heteroatoms. The molecule has 0 aromatic heterocycles. The maximum absolute atomic E-state index is 13.8. The standard InChI is InChI=1S/C8H15FO2S/c1-7(2)8(9)3-5-12(10,11)6-4-8/h7H,3-6H2,1-2H3. The average molecular weight is 194 g/mol. The summed E-state index contributed by atoms with van der Waals surface area (Å²) in [4.78, 5) is 0. The zero-order valence-corrected chi connectivity index (χ0v) is 8.32. The van der Waals surface area contributed by atoms with Gasteiger partial charge in [0.1, 0.15) is 5.67 Å². The number of sulfone groups is 1. The van der Waals surface area contributed by atoms with E-state index in [0.717, 1.165) is 0 Å². The molecule has 0 aliphatic carbocycles. The molecule has 1 aliphatic rings. The molecule has 0 aromatic carbocycles. The molecule has 0 amide bonds. The first-order valence-electron chi connectivity index (χ1n) is 4.25. The lowest BCUT2D eigenvalue weighted by Gasteiger charge is -2.32. The van der Waals surface area contributed by atoms with Gasteiger partial charge in [-0.3, -0.25) is 0 Å². The lowest BCUT2D eigenvalue weighted by Crippen LogP contribution is -2.39. The molecule has 0 aromatic rings. The summed E-state index contributed by atoms with van der Waals surface area (Å²) in [6, 6.07) is 0. The van der Waals surface area contributed by atoms with Gasteiger partial charge in [0.25, 0.3) is 0 Å². The van der Waals surface area contributed by atoms with Crippen LogP contribution in [0.25, 0.3) is 0 Å². The van der Waals surface area contributed by atoms with Crippen molar-refractivity contribution in [3.05, 3.63) is 0 Å². The van der Waals surface area contributed by atoms with Gasteiger partial charge in [0.05, 0.1) is 11.5 Å². The van der Waals surface area contributed by atoms with Crippen LogP contribution >= 0.6 is 0 Å². The van der Waals surface area contributed by atoms with Gasteiger partial charge in [-0.05, 0) is 18.8 Å². The van der Waals surface area contributed by atoms with Gasteiger partial charge in [-0.25, -0.2) is 12.8 Å². The highest BCUT2D eigenvalue weighted by Gasteiger charge is 2.39. The zero-order valence-electron chi connectivity index (χ0n) is 7.51. The van der Waals surface area contributed by atoms with E-state index in [9.17, 15) is 12.8 Å². The fraction of sp³-hybridized carbons (Fsp3) is 1.00. The van der Waals surface area contributed by atoms with Crippen molar-refractivity contribution in [3.8, 4) is 0 Å². The first-order chi connectivity index (χ1) is 5.36. The minimum absolute atomic E-state index is 0.0156. The Morgan fingerprint density at radius 1 is 1.25 bits per heavy atom. The molecule has 72 valence electrons. The topological polar surface area (TPSA) is 34.1 Å². The Kier molecular flexibility index (Phi) is 2.47. The van der Waals surface area contributed by atoms with Crippen LogP contribution in [0.2, 0.25) is 0 Å². The van der Waals surface area contributed by atoms with Crippen molar-refractivity contribution in [3.63, 3.8) is 0 Å². The Hall–Kier alpha value is -0.120. The van der Waals surface area contributed by atoms with E-state index in [2.05, 4.69) is 0 Å². The molecular weight excluding hydrogens is 179 g/mol. The van der Waals surface area contributed by atoms with Gasteiger partial charge in [-0.1, -0.05) is 13.8 Å². The molecule has 12 heavy (non-hydrogen) atoms. The molecule has 0 N–H and O–H groups in total. The Labute approximate surface area is 73.1 Å². The molecule has 0 saturated carbocycles. The Morgan fingerprint density at radius 3 is 2.00 bits per heavy atom. The zero-order chi connectivity index (χ0) is 9.41. The van der Waals surface area contributed by atoms with E-state index in [-0.39, 0.29) is 30.3 Å². The van der Waals surface area contributed by atoms with Crippen LogP contribution in [0.15, 0.2) is 0 Å². The van der Waals surface area contributed by atoms with Crippen LogP contribution in [0.4, 0.5) is 4.39 Å². The SMILES string of the molecule is CC(C)C1(F)CCS(=O)(=O)CC1. The van der Waals surface area contributed by atoms with Gasteiger partial charge in [0.15, 0.2) is 9.84 Å². The van der Waals surface area contributed by atoms with Crippen LogP contribution in [0.5, 0.6) is 0 Å². The second kappa shape index (κ2) is 2.98. The predicted molar refractivity (Wildman–Crippen MR) is 46.6 cm³/mol. The van der Waals surface area contributed by atoms with E-state index in [1.165, 1.54) is 0 Å². The molecule has 1 heterocycles. The van der Waals surface area contributed by atoms with Crippen molar-refractivity contribution in [2.24, 2.45) is 5.92 Å². The van der Waals surface area contributed by atoms with Crippen molar-refractivity contribution in [2.45, 2.75) is 32.4 Å². The third-order valence-electron chi connectivity index (χ3n) is 2.69. The van der Waals surface area contributed by atoms with Crippen molar-refractivity contribution in [1.29, 1.82) is 0 Å². The maximum atomic E-state index is 13.8. The van der Waals surface area contributed by atoms with E-state index in [1.807, 2.05) is 0 Å². The third-order valence-corrected chi connectivity index (χ3v) is 4.34. The van der Waals surface area contributed by atoms with Crippen LogP contribution in [0.3, 0.4) is 0 Å². The second-order valence-electron chi connectivity index (χ2n) is 3.84. The molecule has 2 nitrogen and oxygen atoms in total. The van der Waals surface area contributed by atoms with Crippen molar-refractivity contribution < 1.29 is 12.8 Å². The van der Waals surface area contributed by atoms with Gasteiger partial charge in [0, 0.05) is 0 Å². The predicted octanol–water partition coefficient (Wildman–Crippen LogP) is 1.56. The Morgan fingerprint density at radius 2 is 1.67 bits per heavy atom. The summed E-state index contributed by atoms with van der Waals surface area (Å²) in [7, 11) is -2.93. The highest BCUT2D eigenvalue weighted by Crippen LogP contribution is 2.34. The lowest BCUT2D eigenvalue weighted by molar-refractivity contribution is 0.0877. The molecule has 0 bridgehead atoms. The van der Waals surface area contributed by atoms with Crippen molar-refractivity contribution in [1.82, 2.24) is 0 Å². The summed E-state index contributed by atoms with van der Waals surface area (Å²) in [6.45, 7) is 3.61. The van der Waals surface area contributed by atoms with Gasteiger partial charge >= 0.3 is 0 Å². The van der Waals surface area contributed by atoms with Gasteiger partial charge in [-0.15, -0.1) is 0 Å². The fourth-order valence-corrected chi connectivity index (χ4v) is 2.96. The summed E-state index contributed by atoms with van der Waals surface area (Å²) >= 11 is 0. The minimum Gasteiger partial charge on any atom is -0.244 e. The highest BCUT2D eigenvalue weighted by atomic mass is 32.2. The summed E-state index contributed by atoms with van der Waals surface area (Å²) in [5.41, 5.74) is -1.24. The number of alkyl halides is 1. The van der Waals surface area contributed by atoms with E-state index in [0.29, 0.717) is 0 Å². The maximum Gasteiger partial charge on any atom is 0.150 e. The van der Waals surface area contributed by atoms with E-state index >= 15 is 0 Å². The first-order valence-corrected chi connectivity index (χ1v) is 6.07. The summed E-state index contributed by atoms with van der Waals surface area (Å²) in [6.07, 6.45) is 0.347. The van der Waals surface area contributed by atoms with Gasteiger partial charge < -0.3 is 0 Å². The molecule has 1 fully saturated rings. The molecule has 0 atom stereocenters. The number of hydrogen-bond acceptors (Lipinski definition) is 2. The van der Waals surface area contributed by atoms with Crippen molar-refractivity contribution in [2.75, 3.05) is 11.5 Å². The fourth-order valence-electron chi connectivity index (χ4n) is 1.45. The Bertz CT molecular complexity index is 242. The molecule has 0 unspecified atom stereocenters. The molecule has 0 radical (unpaired) electrons. The van der Waals surface area contributed by atoms with Crippen LogP contribution in [-0.2, 0) is 9.84 Å². The van der Waals surface area contributed by atoms with Crippen LogP contribution in [-0.4, -0.2) is 25.6 Å². The summed E-state index contributed by atoms with van der Waals surface area (Å²) in [5, 5.41) is 0. The largest absolute Gasteiger partial charge is 0.244 e. The van der Waals surface area contributed by atoms with E-state index in [1.54, 1.807) is 13.8 Å². The van der Waals surface area contributed by atoms with Crippen LogP contribution in [0, 0.1) is 5.92 Å². The Balaban J connectivity index is 2.68. The average Bonchev–Trinajstić information content (AvgIpc) is 1.96.